The minimum Gasteiger partial charge on any atom is -0.468 e. The first-order valence-corrected chi connectivity index (χ1v) is 15.9. The largest absolute Gasteiger partial charge is 0.468 e. The molecule has 3 aliphatic heterocycles. The zero-order valence-electron chi connectivity index (χ0n) is 25.1. The third kappa shape index (κ3) is 4.61. The van der Waals surface area contributed by atoms with Gasteiger partial charge in [0.25, 0.3) is 0 Å². The van der Waals surface area contributed by atoms with Crippen LogP contribution in [0, 0.1) is 0 Å². The predicted molar refractivity (Wildman–Crippen MR) is 178 cm³/mol. The molecule has 0 radical (unpaired) electrons. The second kappa shape index (κ2) is 11.2. The molecule has 46 heavy (non-hydrogen) atoms. The summed E-state index contributed by atoms with van der Waals surface area (Å²) >= 11 is 0. The number of rotatable bonds is 5. The van der Waals surface area contributed by atoms with Crippen LogP contribution in [0.3, 0.4) is 0 Å². The smallest absolute Gasteiger partial charge is 0.196 e. The molecule has 0 fully saturated rings. The Morgan fingerprint density at radius 1 is 0.783 bits per heavy atom. The molecule has 5 atom stereocenters. The molecule has 0 spiro atoms. The number of nitrogens with zero attached hydrogens (tertiary/aromatic N) is 4. The zero-order valence-corrected chi connectivity index (χ0v) is 25.1. The number of allylic oxidation sites excluding steroid dienone is 3. The summed E-state index contributed by atoms with van der Waals surface area (Å²) in [7, 11) is 0. The maximum absolute atomic E-state index is 6.70. The highest BCUT2D eigenvalue weighted by molar-refractivity contribution is 6.02. The van der Waals surface area contributed by atoms with Crippen LogP contribution in [0.15, 0.2) is 156 Å². The second-order valence-electron chi connectivity index (χ2n) is 12.1. The van der Waals surface area contributed by atoms with E-state index in [0.717, 1.165) is 52.4 Å². The van der Waals surface area contributed by atoms with Crippen molar-refractivity contribution < 1.29 is 4.74 Å². The molecule has 2 aromatic heterocycles. The van der Waals surface area contributed by atoms with E-state index in [4.69, 9.17) is 9.73 Å². The molecule has 8 nitrogen and oxygen atoms in total. The topological polar surface area (TPSA) is 86.7 Å². The fraction of sp³-hybridized carbons (Fsp3) is 0.184. The van der Waals surface area contributed by atoms with E-state index in [1.165, 1.54) is 16.9 Å². The summed E-state index contributed by atoms with van der Waals surface area (Å²) in [5.74, 6) is 2.00. The number of aliphatic imine (C=N–C) groups is 1. The number of hydrogen-bond acceptors (Lipinski definition) is 8. The van der Waals surface area contributed by atoms with E-state index < -0.39 is 0 Å². The lowest BCUT2D eigenvalue weighted by atomic mass is 9.88. The lowest BCUT2D eigenvalue weighted by molar-refractivity contribution is 0.116. The summed E-state index contributed by atoms with van der Waals surface area (Å²) in [6.45, 7) is 0. The molecule has 5 aliphatic rings. The van der Waals surface area contributed by atoms with Crippen molar-refractivity contribution in [3.05, 3.63) is 173 Å². The Morgan fingerprint density at radius 2 is 1.54 bits per heavy atom. The predicted octanol–water partition coefficient (Wildman–Crippen LogP) is 6.44. The van der Waals surface area contributed by atoms with E-state index in [2.05, 4.69) is 104 Å². The van der Waals surface area contributed by atoms with Crippen molar-refractivity contribution in [3.63, 3.8) is 0 Å². The van der Waals surface area contributed by atoms with Gasteiger partial charge >= 0.3 is 0 Å². The van der Waals surface area contributed by atoms with Gasteiger partial charge in [-0.25, -0.2) is 4.99 Å². The number of fused-ring (bicyclic) bond motifs is 4. The van der Waals surface area contributed by atoms with Crippen LogP contribution in [0.1, 0.15) is 59.6 Å². The molecule has 5 unspecified atom stereocenters. The molecule has 4 aromatic rings. The van der Waals surface area contributed by atoms with Crippen molar-refractivity contribution in [2.75, 3.05) is 4.90 Å². The van der Waals surface area contributed by atoms with Crippen LogP contribution in [-0.2, 0) is 4.74 Å². The normalized spacial score (nSPS) is 26.0. The van der Waals surface area contributed by atoms with Crippen LogP contribution in [0.5, 0.6) is 0 Å². The van der Waals surface area contributed by atoms with Gasteiger partial charge in [-0.2, -0.15) is 0 Å². The first kappa shape index (κ1) is 26.9. The maximum Gasteiger partial charge on any atom is 0.196 e. The van der Waals surface area contributed by atoms with Gasteiger partial charge in [-0.3, -0.25) is 15.3 Å². The molecule has 8 heteroatoms. The van der Waals surface area contributed by atoms with Crippen molar-refractivity contribution >= 4 is 11.5 Å². The lowest BCUT2D eigenvalue weighted by Gasteiger charge is -2.35. The van der Waals surface area contributed by atoms with Crippen LogP contribution < -0.4 is 20.9 Å². The monoisotopic (exact) mass is 603 g/mol. The second-order valence-corrected chi connectivity index (χ2v) is 12.1. The van der Waals surface area contributed by atoms with Crippen molar-refractivity contribution in [1.82, 2.24) is 25.9 Å². The van der Waals surface area contributed by atoms with Gasteiger partial charge in [-0.15, -0.1) is 0 Å². The Kier molecular flexibility index (Phi) is 6.52. The molecule has 0 saturated heterocycles. The summed E-state index contributed by atoms with van der Waals surface area (Å²) in [6, 6.07) is 27.4. The van der Waals surface area contributed by atoms with Gasteiger partial charge in [-0.05, 0) is 72.0 Å². The Balaban J connectivity index is 1.05. The third-order valence-corrected chi connectivity index (χ3v) is 9.41. The molecule has 0 bridgehead atoms. The van der Waals surface area contributed by atoms with Gasteiger partial charge in [-0.1, -0.05) is 60.7 Å². The van der Waals surface area contributed by atoms with Crippen molar-refractivity contribution in [2.24, 2.45) is 4.99 Å². The number of aromatic nitrogens is 2. The van der Waals surface area contributed by atoms with E-state index in [1.54, 1.807) is 0 Å². The molecular formula is C38H33N7O. The lowest BCUT2D eigenvalue weighted by Crippen LogP contribution is -2.45. The average molecular weight is 604 g/mol. The van der Waals surface area contributed by atoms with Crippen LogP contribution >= 0.6 is 0 Å². The number of pyridine rings is 2. The van der Waals surface area contributed by atoms with Crippen LogP contribution in [0.25, 0.3) is 0 Å². The minimum absolute atomic E-state index is 0.106. The zero-order chi connectivity index (χ0) is 30.5. The van der Waals surface area contributed by atoms with E-state index in [9.17, 15) is 0 Å². The highest BCUT2D eigenvalue weighted by Crippen LogP contribution is 2.52. The summed E-state index contributed by atoms with van der Waals surface area (Å²) in [4.78, 5) is 16.2. The molecule has 2 aromatic carbocycles. The summed E-state index contributed by atoms with van der Waals surface area (Å²) in [6.07, 6.45) is 17.8. The summed E-state index contributed by atoms with van der Waals surface area (Å²) in [5.41, 5.74) is 9.28. The Bertz CT molecular complexity index is 1930. The van der Waals surface area contributed by atoms with Gasteiger partial charge < -0.3 is 20.3 Å². The number of nitrogens with one attached hydrogen (secondary N) is 3. The van der Waals surface area contributed by atoms with Gasteiger partial charge in [0.05, 0.1) is 17.7 Å². The SMILES string of the molecule is C1=CC2C(C3=C1NC(c1ccccc1)O3)c1ccccc1N2C1=CC(C2=NC(c3ccncc3)NC(c3ccncc3)N2)=CCC1. The standard InChI is InChI=1S/C38H33N7O/c1-2-7-26(8-3-1)38-41-30-13-14-32-33(34(30)46-38)29-11-4-5-12-31(29)45(32)28-10-6-9-27(23-28)37-43-35(24-15-19-39-20-16-24)42-36(44-37)25-17-21-40-22-18-25/h1-5,7-9,11-23,32-33,35-36,38,41-42H,6,10H2,(H,43,44). The van der Waals surface area contributed by atoms with Crippen LogP contribution in [-0.4, -0.2) is 21.8 Å². The Morgan fingerprint density at radius 3 is 2.37 bits per heavy atom. The average Bonchev–Trinajstić information content (AvgIpc) is 3.72. The minimum atomic E-state index is -0.217. The molecule has 2 aliphatic carbocycles. The van der Waals surface area contributed by atoms with Crippen LogP contribution in [0.2, 0.25) is 0 Å². The number of hydrogen-bond donors (Lipinski definition) is 3. The summed E-state index contributed by atoms with van der Waals surface area (Å²) < 4.78 is 6.70. The fourth-order valence-electron chi connectivity index (χ4n) is 7.27. The summed E-state index contributed by atoms with van der Waals surface area (Å²) in [5, 5.41) is 11.0. The molecule has 226 valence electrons. The maximum atomic E-state index is 6.70. The Labute approximate surface area is 268 Å². The van der Waals surface area contributed by atoms with Gasteiger partial charge in [0.15, 0.2) is 6.23 Å². The van der Waals surface area contributed by atoms with Gasteiger partial charge in [0, 0.05) is 47.3 Å². The van der Waals surface area contributed by atoms with Crippen molar-refractivity contribution in [2.45, 2.75) is 43.4 Å². The number of benzene rings is 2. The van der Waals surface area contributed by atoms with Gasteiger partial charge in [0.2, 0.25) is 0 Å². The first-order chi connectivity index (χ1) is 22.8. The molecular weight excluding hydrogens is 570 g/mol. The number of ether oxygens (including phenoxy) is 1. The van der Waals surface area contributed by atoms with E-state index >= 15 is 0 Å². The van der Waals surface area contributed by atoms with Crippen molar-refractivity contribution in [1.29, 1.82) is 0 Å². The number of anilines is 1. The molecule has 9 rings (SSSR count). The third-order valence-electron chi connectivity index (χ3n) is 9.41. The first-order valence-electron chi connectivity index (χ1n) is 15.9. The van der Waals surface area contributed by atoms with Crippen LogP contribution in [0.4, 0.5) is 5.69 Å². The molecule has 0 amide bonds. The number of amidine groups is 1. The van der Waals surface area contributed by atoms with E-state index in [1.807, 2.05) is 55.1 Å². The highest BCUT2D eigenvalue weighted by Gasteiger charge is 2.46. The van der Waals surface area contributed by atoms with Crippen molar-refractivity contribution in [3.8, 4) is 0 Å². The molecule has 3 N–H and O–H groups in total. The van der Waals surface area contributed by atoms with E-state index in [-0.39, 0.29) is 30.5 Å². The quantitative estimate of drug-likeness (QED) is 0.242. The van der Waals surface area contributed by atoms with E-state index in [0.29, 0.717) is 0 Å². The molecule has 0 saturated carbocycles. The number of para-hydroxylation sites is 1. The molecule has 5 heterocycles. The van der Waals surface area contributed by atoms with Gasteiger partial charge in [0.1, 0.15) is 23.9 Å². The Hall–Kier alpha value is -5.47. The highest BCUT2D eigenvalue weighted by atomic mass is 16.5. The fourth-order valence-corrected chi connectivity index (χ4v) is 7.27.